The second-order valence-electron chi connectivity index (χ2n) is 5.25. The second-order valence-corrected chi connectivity index (χ2v) is 5.25. The smallest absolute Gasteiger partial charge is 0.224 e. The first-order valence-electron chi connectivity index (χ1n) is 7.81. The largest absolute Gasteiger partial charge is 0.343 e. The minimum atomic E-state index is -0.455. The average molecular weight is 308 g/mol. The molecule has 2 amide bonds. The molecule has 0 bridgehead atoms. The summed E-state index contributed by atoms with van der Waals surface area (Å²) in [6.45, 7) is 7.05. The highest BCUT2D eigenvalue weighted by Gasteiger charge is 2.18. The van der Waals surface area contributed by atoms with Crippen LogP contribution in [0.1, 0.15) is 40.0 Å². The molecule has 0 N–H and O–H groups in total. The van der Waals surface area contributed by atoms with E-state index in [-0.39, 0.29) is 30.5 Å². The van der Waals surface area contributed by atoms with Crippen LogP contribution in [0.2, 0.25) is 0 Å². The lowest BCUT2D eigenvalue weighted by molar-refractivity contribution is -0.131. The van der Waals surface area contributed by atoms with Crippen LogP contribution in [-0.2, 0) is 9.59 Å². The first kappa shape index (κ1) is 18.1. The number of hydrogen-bond donors (Lipinski definition) is 0. The number of para-hydroxylation sites is 1. The normalized spacial score (nSPS) is 10.4. The number of carbonyl (C=O) groups excluding carboxylic acids is 2. The molecule has 1 rings (SSSR count). The monoisotopic (exact) mass is 308 g/mol. The van der Waals surface area contributed by atoms with Crippen LogP contribution in [0.25, 0.3) is 0 Å². The number of rotatable bonds is 8. The molecule has 5 heteroatoms. The zero-order valence-corrected chi connectivity index (χ0v) is 13.6. The van der Waals surface area contributed by atoms with E-state index in [1.54, 1.807) is 23.1 Å². The highest BCUT2D eigenvalue weighted by molar-refractivity contribution is 5.92. The van der Waals surface area contributed by atoms with Crippen molar-refractivity contribution in [1.29, 1.82) is 0 Å². The van der Waals surface area contributed by atoms with E-state index in [4.69, 9.17) is 0 Å². The maximum atomic E-state index is 13.8. The zero-order chi connectivity index (χ0) is 16.5. The molecule has 0 saturated carbocycles. The molecule has 0 saturated heterocycles. The summed E-state index contributed by atoms with van der Waals surface area (Å²) in [7, 11) is 0. The molecule has 0 aliphatic heterocycles. The molecule has 122 valence electrons. The van der Waals surface area contributed by atoms with Crippen molar-refractivity contribution in [1.82, 2.24) is 4.90 Å². The summed E-state index contributed by atoms with van der Waals surface area (Å²) in [6.07, 6.45) is 2.00. The summed E-state index contributed by atoms with van der Waals surface area (Å²) < 4.78 is 13.8. The molecule has 1 aromatic carbocycles. The van der Waals surface area contributed by atoms with Crippen LogP contribution < -0.4 is 4.90 Å². The summed E-state index contributed by atoms with van der Waals surface area (Å²) in [5.41, 5.74) is 0.223. The molecule has 0 unspecified atom stereocenters. The van der Waals surface area contributed by atoms with E-state index in [2.05, 4.69) is 0 Å². The average Bonchev–Trinajstić information content (AvgIpc) is 2.48. The van der Waals surface area contributed by atoms with Gasteiger partial charge in [-0.3, -0.25) is 9.59 Å². The molecule has 22 heavy (non-hydrogen) atoms. The standard InChI is InChI=1S/C17H25FN2O2/c1-4-11-19(12-5-2)17(22)10-13-20(14(3)21)16-9-7-6-8-15(16)18/h6-9H,4-5,10-13H2,1-3H3. The predicted octanol–water partition coefficient (Wildman–Crippen LogP) is 3.22. The summed E-state index contributed by atoms with van der Waals surface area (Å²) in [5, 5.41) is 0. The topological polar surface area (TPSA) is 40.6 Å². The third-order valence-corrected chi connectivity index (χ3v) is 3.41. The summed E-state index contributed by atoms with van der Waals surface area (Å²) in [6, 6.07) is 6.12. The SMILES string of the molecule is CCCN(CCC)C(=O)CCN(C(C)=O)c1ccccc1F. The van der Waals surface area contributed by atoms with Gasteiger partial charge in [-0.05, 0) is 25.0 Å². The number of hydrogen-bond acceptors (Lipinski definition) is 2. The third-order valence-electron chi connectivity index (χ3n) is 3.41. The Balaban J connectivity index is 2.75. The first-order valence-corrected chi connectivity index (χ1v) is 7.81. The lowest BCUT2D eigenvalue weighted by Crippen LogP contribution is -2.37. The van der Waals surface area contributed by atoms with Gasteiger partial charge in [-0.1, -0.05) is 26.0 Å². The molecular formula is C17H25FN2O2. The van der Waals surface area contributed by atoms with Gasteiger partial charge in [0.1, 0.15) is 5.82 Å². The van der Waals surface area contributed by atoms with E-state index in [1.165, 1.54) is 17.9 Å². The Hall–Kier alpha value is -1.91. The summed E-state index contributed by atoms with van der Waals surface area (Å²) in [5.74, 6) is -0.717. The number of nitrogens with zero attached hydrogens (tertiary/aromatic N) is 2. The minimum absolute atomic E-state index is 0.00582. The van der Waals surface area contributed by atoms with Crippen LogP contribution in [0.15, 0.2) is 24.3 Å². The molecule has 0 atom stereocenters. The third kappa shape index (κ3) is 5.13. The Morgan fingerprint density at radius 2 is 1.64 bits per heavy atom. The lowest BCUT2D eigenvalue weighted by Gasteiger charge is -2.25. The molecular weight excluding hydrogens is 283 g/mol. The summed E-state index contributed by atoms with van der Waals surface area (Å²) >= 11 is 0. The Morgan fingerprint density at radius 3 is 2.14 bits per heavy atom. The molecule has 4 nitrogen and oxygen atoms in total. The van der Waals surface area contributed by atoms with Gasteiger partial charge >= 0.3 is 0 Å². The highest BCUT2D eigenvalue weighted by atomic mass is 19.1. The van der Waals surface area contributed by atoms with Gasteiger partial charge in [0.25, 0.3) is 0 Å². The van der Waals surface area contributed by atoms with Gasteiger partial charge in [-0.25, -0.2) is 4.39 Å². The van der Waals surface area contributed by atoms with E-state index < -0.39 is 5.82 Å². The predicted molar refractivity (Wildman–Crippen MR) is 86.2 cm³/mol. The van der Waals surface area contributed by atoms with E-state index in [1.807, 2.05) is 13.8 Å². The van der Waals surface area contributed by atoms with Gasteiger partial charge in [-0.15, -0.1) is 0 Å². The number of amides is 2. The fourth-order valence-electron chi connectivity index (χ4n) is 2.38. The molecule has 0 aliphatic carbocycles. The van der Waals surface area contributed by atoms with Crippen LogP contribution in [0.5, 0.6) is 0 Å². The maximum Gasteiger partial charge on any atom is 0.224 e. The van der Waals surface area contributed by atoms with E-state index in [9.17, 15) is 14.0 Å². The van der Waals surface area contributed by atoms with Crippen LogP contribution in [0, 0.1) is 5.82 Å². The van der Waals surface area contributed by atoms with Crippen molar-refractivity contribution in [2.45, 2.75) is 40.0 Å². The number of benzene rings is 1. The van der Waals surface area contributed by atoms with Crippen LogP contribution >= 0.6 is 0 Å². The van der Waals surface area contributed by atoms with Gasteiger partial charge in [0, 0.05) is 33.0 Å². The highest BCUT2D eigenvalue weighted by Crippen LogP contribution is 2.19. The number of halogens is 1. The van der Waals surface area contributed by atoms with Gasteiger partial charge in [0.15, 0.2) is 0 Å². The zero-order valence-electron chi connectivity index (χ0n) is 13.6. The molecule has 0 spiro atoms. The fourth-order valence-corrected chi connectivity index (χ4v) is 2.38. The Bertz CT molecular complexity index is 499. The van der Waals surface area contributed by atoms with Crippen LogP contribution in [-0.4, -0.2) is 36.3 Å². The van der Waals surface area contributed by atoms with Crippen molar-refractivity contribution >= 4 is 17.5 Å². The minimum Gasteiger partial charge on any atom is -0.343 e. The van der Waals surface area contributed by atoms with Crippen molar-refractivity contribution in [3.8, 4) is 0 Å². The van der Waals surface area contributed by atoms with Crippen molar-refractivity contribution in [3.05, 3.63) is 30.1 Å². The van der Waals surface area contributed by atoms with E-state index >= 15 is 0 Å². The summed E-state index contributed by atoms with van der Waals surface area (Å²) in [4.78, 5) is 27.2. The van der Waals surface area contributed by atoms with E-state index in [0.717, 1.165) is 12.8 Å². The van der Waals surface area contributed by atoms with Crippen LogP contribution in [0.3, 0.4) is 0 Å². The molecule has 0 heterocycles. The van der Waals surface area contributed by atoms with Crippen molar-refractivity contribution in [2.24, 2.45) is 0 Å². The Kier molecular flexibility index (Phi) is 7.57. The van der Waals surface area contributed by atoms with Gasteiger partial charge in [0.05, 0.1) is 5.69 Å². The van der Waals surface area contributed by atoms with Crippen molar-refractivity contribution in [3.63, 3.8) is 0 Å². The first-order chi connectivity index (χ1) is 10.5. The maximum absolute atomic E-state index is 13.8. The molecule has 0 aliphatic rings. The van der Waals surface area contributed by atoms with Gasteiger partial charge in [-0.2, -0.15) is 0 Å². The molecule has 0 radical (unpaired) electrons. The number of anilines is 1. The van der Waals surface area contributed by atoms with Gasteiger partial charge in [0.2, 0.25) is 11.8 Å². The quantitative estimate of drug-likeness (QED) is 0.740. The molecule has 0 aromatic heterocycles. The van der Waals surface area contributed by atoms with Crippen LogP contribution in [0.4, 0.5) is 10.1 Å². The molecule has 1 aromatic rings. The van der Waals surface area contributed by atoms with Crippen molar-refractivity contribution < 1.29 is 14.0 Å². The number of carbonyl (C=O) groups is 2. The van der Waals surface area contributed by atoms with Gasteiger partial charge < -0.3 is 9.80 Å². The fraction of sp³-hybridized carbons (Fsp3) is 0.529. The Labute approximate surface area is 131 Å². The Morgan fingerprint density at radius 1 is 1.05 bits per heavy atom. The van der Waals surface area contributed by atoms with Crippen molar-refractivity contribution in [2.75, 3.05) is 24.5 Å². The lowest BCUT2D eigenvalue weighted by atomic mass is 10.2. The second kappa shape index (κ2) is 9.18. The van der Waals surface area contributed by atoms with E-state index in [0.29, 0.717) is 13.1 Å². The molecule has 0 fully saturated rings.